The van der Waals surface area contributed by atoms with Crippen molar-refractivity contribution in [2.24, 2.45) is 29.6 Å². The zero-order chi connectivity index (χ0) is 20.2. The first-order chi connectivity index (χ1) is 13.9. The molecule has 0 aromatic heterocycles. The fourth-order valence-corrected chi connectivity index (χ4v) is 8.02. The lowest BCUT2D eigenvalue weighted by Crippen LogP contribution is -2.55. The number of amides is 1. The molecule has 1 heterocycles. The number of piperidine rings is 1. The minimum atomic E-state index is -3.47. The van der Waals surface area contributed by atoms with E-state index in [9.17, 15) is 13.2 Å². The summed E-state index contributed by atoms with van der Waals surface area (Å²) >= 11 is 0. The number of nitrogens with zero attached hydrogens (tertiary/aromatic N) is 1. The van der Waals surface area contributed by atoms with Crippen molar-refractivity contribution in [2.75, 3.05) is 13.1 Å². The number of rotatable bonds is 4. The van der Waals surface area contributed by atoms with E-state index in [-0.39, 0.29) is 5.91 Å². The Morgan fingerprint density at radius 2 is 1.48 bits per heavy atom. The highest BCUT2D eigenvalue weighted by Crippen LogP contribution is 2.53. The molecule has 1 aromatic carbocycles. The van der Waals surface area contributed by atoms with Crippen LogP contribution >= 0.6 is 0 Å². The van der Waals surface area contributed by atoms with Crippen molar-refractivity contribution < 1.29 is 13.2 Å². The Morgan fingerprint density at radius 3 is 2.03 bits per heavy atom. The lowest BCUT2D eigenvalue weighted by Gasteiger charge is -2.54. The minimum Gasteiger partial charge on any atom is -0.349 e. The highest BCUT2D eigenvalue weighted by Gasteiger charge is 2.48. The van der Waals surface area contributed by atoms with Crippen LogP contribution in [0.4, 0.5) is 0 Å². The molecule has 158 valence electrons. The largest absolute Gasteiger partial charge is 0.349 e. The maximum Gasteiger partial charge on any atom is 0.251 e. The van der Waals surface area contributed by atoms with E-state index in [4.69, 9.17) is 0 Å². The lowest BCUT2D eigenvalue weighted by molar-refractivity contribution is -0.0119. The maximum atomic E-state index is 12.9. The van der Waals surface area contributed by atoms with E-state index in [0.29, 0.717) is 47.3 Å². The van der Waals surface area contributed by atoms with Gasteiger partial charge >= 0.3 is 0 Å². The van der Waals surface area contributed by atoms with Gasteiger partial charge in [0.15, 0.2) is 0 Å². The summed E-state index contributed by atoms with van der Waals surface area (Å²) in [6.45, 7) is 3.33. The molecule has 1 saturated heterocycles. The molecule has 4 saturated carbocycles. The number of hydrogen-bond donors (Lipinski definition) is 1. The molecule has 1 aliphatic heterocycles. The SMILES string of the molecule is CC1CCN(S(=O)(=O)c2ccc(C(=O)NC3C4CC5CC(C4)CC3C5)cc2)CC1. The van der Waals surface area contributed by atoms with Gasteiger partial charge in [-0.1, -0.05) is 6.92 Å². The van der Waals surface area contributed by atoms with Crippen molar-refractivity contribution in [3.05, 3.63) is 29.8 Å². The molecular weight excluding hydrogens is 384 g/mol. The topological polar surface area (TPSA) is 66.5 Å². The fourth-order valence-electron chi connectivity index (χ4n) is 6.55. The number of carbonyl (C=O) groups excluding carboxylic acids is 1. The van der Waals surface area contributed by atoms with Crippen LogP contribution in [0, 0.1) is 29.6 Å². The average molecular weight is 417 g/mol. The second-order valence-electron chi connectivity index (χ2n) is 10.0. The number of hydrogen-bond acceptors (Lipinski definition) is 3. The first-order valence-corrected chi connectivity index (χ1v) is 12.7. The molecule has 1 aromatic rings. The molecule has 6 heteroatoms. The summed E-state index contributed by atoms with van der Waals surface area (Å²) < 4.78 is 27.3. The van der Waals surface area contributed by atoms with Gasteiger partial charge < -0.3 is 5.32 Å². The summed E-state index contributed by atoms with van der Waals surface area (Å²) in [6.07, 6.45) is 8.29. The van der Waals surface area contributed by atoms with Crippen molar-refractivity contribution in [1.82, 2.24) is 9.62 Å². The lowest BCUT2D eigenvalue weighted by atomic mass is 9.54. The number of carbonyl (C=O) groups is 1. The van der Waals surface area contributed by atoms with Gasteiger partial charge in [0.25, 0.3) is 5.91 Å². The summed E-state index contributed by atoms with van der Waals surface area (Å²) in [5.41, 5.74) is 0.560. The van der Waals surface area contributed by atoms with Crippen LogP contribution in [0.15, 0.2) is 29.2 Å². The Bertz CT molecular complexity index is 844. The zero-order valence-electron chi connectivity index (χ0n) is 17.2. The predicted octanol–water partition coefficient (Wildman–Crippen LogP) is 3.66. The number of sulfonamides is 1. The number of benzene rings is 1. The molecule has 6 rings (SSSR count). The van der Waals surface area contributed by atoms with E-state index < -0.39 is 10.0 Å². The molecular formula is C23H32N2O3S. The van der Waals surface area contributed by atoms with Crippen LogP contribution in [0.25, 0.3) is 0 Å². The van der Waals surface area contributed by atoms with Gasteiger partial charge in [-0.15, -0.1) is 0 Å². The first kappa shape index (κ1) is 19.6. The predicted molar refractivity (Wildman–Crippen MR) is 112 cm³/mol. The molecule has 4 bridgehead atoms. The second kappa shape index (κ2) is 7.38. The molecule has 5 nitrogen and oxygen atoms in total. The molecule has 1 N–H and O–H groups in total. The Kier molecular flexibility index (Phi) is 4.98. The normalized spacial score (nSPS) is 35.0. The van der Waals surface area contributed by atoms with Crippen LogP contribution in [0.2, 0.25) is 0 Å². The molecule has 5 aliphatic rings. The summed E-state index contributed by atoms with van der Waals surface area (Å²) in [4.78, 5) is 13.2. The van der Waals surface area contributed by atoms with Crippen molar-refractivity contribution in [3.8, 4) is 0 Å². The van der Waals surface area contributed by atoms with E-state index >= 15 is 0 Å². The second-order valence-corrected chi connectivity index (χ2v) is 12.0. The highest BCUT2D eigenvalue weighted by molar-refractivity contribution is 7.89. The third kappa shape index (κ3) is 3.63. The monoisotopic (exact) mass is 416 g/mol. The Labute approximate surface area is 174 Å². The molecule has 4 aliphatic carbocycles. The van der Waals surface area contributed by atoms with Crippen molar-refractivity contribution in [1.29, 1.82) is 0 Å². The smallest absolute Gasteiger partial charge is 0.251 e. The van der Waals surface area contributed by atoms with Crippen LogP contribution in [0.3, 0.4) is 0 Å². The van der Waals surface area contributed by atoms with Gasteiger partial charge in [-0.3, -0.25) is 4.79 Å². The van der Waals surface area contributed by atoms with Crippen LogP contribution in [-0.2, 0) is 10.0 Å². The third-order valence-corrected chi connectivity index (χ3v) is 9.93. The molecule has 5 fully saturated rings. The van der Waals surface area contributed by atoms with Gasteiger partial charge in [0, 0.05) is 24.7 Å². The molecule has 0 unspecified atom stereocenters. The highest BCUT2D eigenvalue weighted by atomic mass is 32.2. The average Bonchev–Trinajstić information content (AvgIpc) is 2.70. The summed E-state index contributed by atoms with van der Waals surface area (Å²) in [5, 5.41) is 3.31. The Hall–Kier alpha value is -1.40. The molecule has 0 spiro atoms. The van der Waals surface area contributed by atoms with Gasteiger partial charge in [-0.2, -0.15) is 4.31 Å². The Morgan fingerprint density at radius 1 is 0.931 bits per heavy atom. The number of nitrogens with one attached hydrogen (secondary N) is 1. The third-order valence-electron chi connectivity index (χ3n) is 8.02. The summed E-state index contributed by atoms with van der Waals surface area (Å²) in [5.74, 6) is 3.56. The van der Waals surface area contributed by atoms with Crippen molar-refractivity contribution >= 4 is 15.9 Å². The van der Waals surface area contributed by atoms with Crippen molar-refractivity contribution in [3.63, 3.8) is 0 Å². The van der Waals surface area contributed by atoms with Gasteiger partial charge in [-0.05, 0) is 98.8 Å². The summed E-state index contributed by atoms with van der Waals surface area (Å²) in [6, 6.07) is 6.84. The van der Waals surface area contributed by atoms with Crippen molar-refractivity contribution in [2.45, 2.75) is 62.8 Å². The van der Waals surface area contributed by atoms with Crippen LogP contribution < -0.4 is 5.32 Å². The molecule has 0 atom stereocenters. The van der Waals surface area contributed by atoms with Crippen LogP contribution in [-0.4, -0.2) is 37.8 Å². The maximum absolute atomic E-state index is 12.9. The van der Waals surface area contributed by atoms with Gasteiger partial charge in [0.1, 0.15) is 0 Å². The van der Waals surface area contributed by atoms with E-state index in [1.165, 1.54) is 32.1 Å². The van der Waals surface area contributed by atoms with Crippen LogP contribution in [0.1, 0.15) is 62.2 Å². The van der Waals surface area contributed by atoms with E-state index in [1.54, 1.807) is 28.6 Å². The van der Waals surface area contributed by atoms with Gasteiger partial charge in [0.2, 0.25) is 10.0 Å². The Balaban J connectivity index is 1.26. The van der Waals surface area contributed by atoms with Gasteiger partial charge in [-0.25, -0.2) is 8.42 Å². The quantitative estimate of drug-likeness (QED) is 0.815. The molecule has 29 heavy (non-hydrogen) atoms. The van der Waals surface area contributed by atoms with E-state index in [1.807, 2.05) is 0 Å². The molecule has 0 radical (unpaired) electrons. The standard InChI is InChI=1S/C23H32N2O3S/c1-15-6-8-25(9-7-15)29(27,28)21-4-2-18(3-5-21)23(26)24-22-19-11-16-10-17(13-19)14-20(22)12-16/h2-5,15-17,19-20,22H,6-14H2,1H3,(H,24,26). The van der Waals surface area contributed by atoms with E-state index in [2.05, 4.69) is 12.2 Å². The summed E-state index contributed by atoms with van der Waals surface area (Å²) in [7, 11) is -3.47. The zero-order valence-corrected chi connectivity index (χ0v) is 18.0. The van der Waals surface area contributed by atoms with E-state index in [0.717, 1.165) is 24.7 Å². The molecule has 1 amide bonds. The van der Waals surface area contributed by atoms with Gasteiger partial charge in [0.05, 0.1) is 4.90 Å². The van der Waals surface area contributed by atoms with Crippen LogP contribution in [0.5, 0.6) is 0 Å². The minimum absolute atomic E-state index is 0.0572. The fraction of sp³-hybridized carbons (Fsp3) is 0.696. The first-order valence-electron chi connectivity index (χ1n) is 11.3.